The fourth-order valence-corrected chi connectivity index (χ4v) is 9.78. The van der Waals surface area contributed by atoms with Crippen molar-refractivity contribution in [2.75, 3.05) is 26.4 Å². The maximum Gasteiger partial charge on any atom is 0.296 e. The Bertz CT molecular complexity index is 4110. The Morgan fingerprint density at radius 2 is 1.01 bits per heavy atom. The summed E-state index contributed by atoms with van der Waals surface area (Å²) in [6, 6.07) is 21.7. The Labute approximate surface area is 395 Å². The second-order valence-corrected chi connectivity index (χ2v) is 20.9. The van der Waals surface area contributed by atoms with Crippen molar-refractivity contribution >= 4 is 141 Å². The minimum absolute atomic E-state index is 0.0549. The molecule has 31 heteroatoms. The van der Waals surface area contributed by atoms with Gasteiger partial charge in [0.05, 0.1) is 38.2 Å². The smallest absolute Gasteiger partial charge is 0.296 e. The third-order valence-corrected chi connectivity index (χ3v) is 13.8. The fourth-order valence-electron chi connectivity index (χ4n) is 7.03. The first-order chi connectivity index (χ1) is 32.7. The summed E-state index contributed by atoms with van der Waals surface area (Å²) >= 11 is 0. The average molecular weight is 1060 g/mol. The molecule has 0 radical (unpaired) electrons. The number of nitrogens with zero attached hydrogens (tertiary/aromatic N) is 5. The van der Waals surface area contributed by atoms with Crippen molar-refractivity contribution in [3.63, 3.8) is 0 Å². The molecule has 0 unspecified atom stereocenters. The van der Waals surface area contributed by atoms with E-state index in [9.17, 15) is 70.5 Å². The summed E-state index contributed by atoms with van der Waals surface area (Å²) in [7, 11) is -23.9. The molecule has 0 saturated carbocycles. The van der Waals surface area contributed by atoms with Crippen molar-refractivity contribution in [2.24, 2.45) is 10.2 Å². The first kappa shape index (κ1) is 48.6. The van der Waals surface area contributed by atoms with Crippen LogP contribution in [0.4, 0.5) is 57.7 Å². The maximum atomic E-state index is 12.8. The van der Waals surface area contributed by atoms with Gasteiger partial charge in [-0.25, -0.2) is 8.42 Å². The SMILES string of the molecule is Nc1c(S(=O)(=O)O)cc2cc(S(=O)(=O)O)cc(Nc3nc(Nc4cccc(N[SH](=O)=O)c4)nc(Nc4cc(S(=O)(=O)O)cc5cc(S(=O)(=O)O)c(/N=N/c6cccc7ccccc67)c(O)c45)n3)c2c1O. The summed E-state index contributed by atoms with van der Waals surface area (Å²) in [6.07, 6.45) is 0. The van der Waals surface area contributed by atoms with Crippen LogP contribution in [-0.2, 0) is 51.4 Å². The lowest BCUT2D eigenvalue weighted by molar-refractivity contribution is 0.472. The molecule has 26 nitrogen and oxygen atoms in total. The molecule has 0 saturated heterocycles. The molecule has 0 bridgehead atoms. The summed E-state index contributed by atoms with van der Waals surface area (Å²) in [5.41, 5.74) is 3.46. The number of phenolic OH excluding ortho intramolecular Hbond substituents is 2. The third-order valence-electron chi connectivity index (χ3n) is 9.95. The molecular formula is C39H30N10O16S5. The average Bonchev–Trinajstić information content (AvgIpc) is 3.25. The quantitative estimate of drug-likeness (QED) is 0.0198. The van der Waals surface area contributed by atoms with E-state index in [0.29, 0.717) is 16.8 Å². The van der Waals surface area contributed by atoms with Gasteiger partial charge in [-0.1, -0.05) is 42.5 Å². The van der Waals surface area contributed by atoms with Crippen LogP contribution < -0.4 is 26.4 Å². The lowest BCUT2D eigenvalue weighted by Crippen LogP contribution is -2.09. The minimum Gasteiger partial charge on any atom is -0.505 e. The molecule has 0 atom stereocenters. The monoisotopic (exact) mass is 1050 g/mol. The van der Waals surface area contributed by atoms with Crippen LogP contribution in [0.25, 0.3) is 32.3 Å². The number of hydrogen-bond acceptors (Lipinski definition) is 21. The normalized spacial score (nSPS) is 12.5. The Kier molecular flexibility index (Phi) is 12.4. The summed E-state index contributed by atoms with van der Waals surface area (Å²) < 4.78 is 165. The number of azo groups is 1. The van der Waals surface area contributed by atoms with Gasteiger partial charge in [-0.3, -0.25) is 22.9 Å². The fraction of sp³-hybridized carbons (Fsp3) is 0. The molecule has 70 heavy (non-hydrogen) atoms. The van der Waals surface area contributed by atoms with Gasteiger partial charge in [-0.05, 0) is 76.8 Å². The molecule has 0 aliphatic rings. The number of fused-ring (bicyclic) bond motifs is 3. The molecule has 1 aromatic heterocycles. The third kappa shape index (κ3) is 10.1. The van der Waals surface area contributed by atoms with Crippen LogP contribution in [0.5, 0.6) is 11.5 Å². The van der Waals surface area contributed by atoms with Crippen LogP contribution in [0.15, 0.2) is 133 Å². The number of hydrogen-bond donors (Lipinski definition) is 12. The molecular weight excluding hydrogens is 1020 g/mol. The lowest BCUT2D eigenvalue weighted by atomic mass is 10.1. The Morgan fingerprint density at radius 1 is 0.514 bits per heavy atom. The van der Waals surface area contributed by atoms with Gasteiger partial charge in [0.1, 0.15) is 21.2 Å². The second-order valence-electron chi connectivity index (χ2n) is 14.6. The highest BCUT2D eigenvalue weighted by atomic mass is 32.2. The molecule has 0 aliphatic carbocycles. The predicted molar refractivity (Wildman–Crippen MR) is 253 cm³/mol. The standard InChI is InChI=1S/C39H30N10O16S5/c40-33-29(69(60,61)62)13-19-11-23(67(54,55)56)16-27(31(19)35(33)50)42-38-44-37(41-21-7-4-8-22(15-21)49-66(52)53)45-39(46-38)43-28-17-24(68(57,58)59)12-20-14-30(70(63,64)65)34(36(51)32(20)28)48-47-26-10-3-6-18-5-1-2-9-25(18)26/h1-17,50-51,66H,40H2,(H,49,52,53)(H,54,55,56)(H,57,58,59)(H,60,61,62)(H,63,64,65)(H3,41,42,43,44,45,46)/b48-47+. The van der Waals surface area contributed by atoms with E-state index in [0.717, 1.165) is 30.3 Å². The molecule has 362 valence electrons. The van der Waals surface area contributed by atoms with Crippen molar-refractivity contribution in [2.45, 2.75) is 19.6 Å². The summed E-state index contributed by atoms with van der Waals surface area (Å²) in [4.78, 5) is 8.82. The zero-order chi connectivity index (χ0) is 50.7. The zero-order valence-electron chi connectivity index (χ0n) is 34.5. The first-order valence-electron chi connectivity index (χ1n) is 19.1. The number of nitrogen functional groups attached to an aromatic ring is 1. The van der Waals surface area contributed by atoms with E-state index in [2.05, 4.69) is 45.9 Å². The van der Waals surface area contributed by atoms with Crippen LogP contribution in [0.1, 0.15) is 0 Å². The van der Waals surface area contributed by atoms with Crippen LogP contribution >= 0.6 is 0 Å². The molecule has 8 rings (SSSR count). The van der Waals surface area contributed by atoms with Crippen molar-refractivity contribution in [1.29, 1.82) is 0 Å². The van der Waals surface area contributed by atoms with Crippen molar-refractivity contribution in [3.05, 3.63) is 103 Å². The van der Waals surface area contributed by atoms with Gasteiger partial charge in [0.2, 0.25) is 28.7 Å². The summed E-state index contributed by atoms with van der Waals surface area (Å²) in [5.74, 6) is -3.77. The number of nitrogens with two attached hydrogens (primary N) is 1. The predicted octanol–water partition coefficient (Wildman–Crippen LogP) is 5.90. The van der Waals surface area contributed by atoms with E-state index in [4.69, 9.17) is 5.73 Å². The van der Waals surface area contributed by atoms with Crippen LogP contribution in [0.3, 0.4) is 0 Å². The number of benzene rings is 7. The highest BCUT2D eigenvalue weighted by Gasteiger charge is 2.28. The number of aromatic nitrogens is 3. The number of thiol groups is 1. The topological polar surface area (TPSA) is 430 Å². The number of phenols is 2. The molecule has 1 heterocycles. The number of nitrogens with one attached hydrogen (secondary N) is 4. The van der Waals surface area contributed by atoms with E-state index in [1.54, 1.807) is 36.4 Å². The first-order valence-corrected chi connectivity index (χ1v) is 26.0. The van der Waals surface area contributed by atoms with Gasteiger partial charge >= 0.3 is 0 Å². The highest BCUT2D eigenvalue weighted by Crippen LogP contribution is 2.47. The van der Waals surface area contributed by atoms with E-state index in [-0.39, 0.29) is 17.1 Å². The molecule has 0 aliphatic heterocycles. The van der Waals surface area contributed by atoms with E-state index < -0.39 is 145 Å². The van der Waals surface area contributed by atoms with Gasteiger partial charge < -0.3 is 31.9 Å². The van der Waals surface area contributed by atoms with Crippen LogP contribution in [0.2, 0.25) is 0 Å². The summed E-state index contributed by atoms with van der Waals surface area (Å²) in [5, 5.41) is 38.6. The van der Waals surface area contributed by atoms with Gasteiger partial charge in [0.25, 0.3) is 40.5 Å². The zero-order valence-corrected chi connectivity index (χ0v) is 38.6. The minimum atomic E-state index is -5.29. The molecule has 0 amide bonds. The lowest BCUT2D eigenvalue weighted by Gasteiger charge is -2.17. The molecule has 0 fully saturated rings. The van der Waals surface area contributed by atoms with E-state index in [1.165, 1.54) is 30.3 Å². The Balaban J connectivity index is 1.35. The van der Waals surface area contributed by atoms with E-state index in [1.807, 2.05) is 0 Å². The molecule has 0 spiro atoms. The van der Waals surface area contributed by atoms with Gasteiger partial charge in [-0.2, -0.15) is 48.6 Å². The van der Waals surface area contributed by atoms with Crippen LogP contribution in [-0.4, -0.2) is 85.5 Å². The van der Waals surface area contributed by atoms with Crippen molar-refractivity contribution in [3.8, 4) is 11.5 Å². The summed E-state index contributed by atoms with van der Waals surface area (Å²) in [6.45, 7) is 0. The van der Waals surface area contributed by atoms with Gasteiger partial charge in [0.15, 0.2) is 5.75 Å². The second kappa shape index (κ2) is 17.9. The molecule has 8 aromatic rings. The van der Waals surface area contributed by atoms with E-state index >= 15 is 0 Å². The van der Waals surface area contributed by atoms with Crippen molar-refractivity contribution in [1.82, 2.24) is 15.0 Å². The Hall–Kier alpha value is -7.88. The maximum absolute atomic E-state index is 12.8. The molecule has 7 aromatic carbocycles. The van der Waals surface area contributed by atoms with Crippen molar-refractivity contribution < 1.29 is 70.5 Å². The number of aromatic hydroxyl groups is 2. The van der Waals surface area contributed by atoms with Gasteiger partial charge in [-0.15, -0.1) is 10.2 Å². The van der Waals surface area contributed by atoms with Crippen LogP contribution in [0, 0.1) is 0 Å². The molecule has 12 N–H and O–H groups in total. The Morgan fingerprint density at radius 3 is 1.57 bits per heavy atom. The largest absolute Gasteiger partial charge is 0.505 e. The van der Waals surface area contributed by atoms with Gasteiger partial charge in [0, 0.05) is 21.8 Å². The highest BCUT2D eigenvalue weighted by molar-refractivity contribution is 7.86. The number of rotatable bonds is 14. The number of anilines is 8.